The molecule has 1 saturated heterocycles. The summed E-state index contributed by atoms with van der Waals surface area (Å²) in [6.07, 6.45) is 4.69. The Morgan fingerprint density at radius 3 is 2.69 bits per heavy atom. The van der Waals surface area contributed by atoms with E-state index in [0.29, 0.717) is 12.3 Å². The highest BCUT2D eigenvalue weighted by Gasteiger charge is 2.20. The fourth-order valence-electron chi connectivity index (χ4n) is 3.68. The molecule has 26 heavy (non-hydrogen) atoms. The van der Waals surface area contributed by atoms with Crippen LogP contribution in [0.2, 0.25) is 0 Å². The predicted octanol–water partition coefficient (Wildman–Crippen LogP) is 3.55. The van der Waals surface area contributed by atoms with Crippen LogP contribution in [0.3, 0.4) is 0 Å². The molecule has 1 N–H and O–H groups in total. The van der Waals surface area contributed by atoms with Crippen LogP contribution in [0, 0.1) is 0 Å². The molecule has 3 heterocycles. The standard InChI is InChI=1S/C21H25N3OS/c25-21(8-7-18-4-3-15-26-18)24-13-11-23(12-14-24)10-9-17-16-22-20-6-2-1-5-19(17)20/h1-6,15-16,22H,7-14H2. The summed E-state index contributed by atoms with van der Waals surface area (Å²) >= 11 is 1.74. The van der Waals surface area contributed by atoms with Crippen molar-refractivity contribution >= 4 is 28.1 Å². The number of nitrogens with one attached hydrogen (secondary N) is 1. The summed E-state index contributed by atoms with van der Waals surface area (Å²) in [5.41, 5.74) is 2.60. The third-order valence-electron chi connectivity index (χ3n) is 5.26. The Labute approximate surface area is 158 Å². The third-order valence-corrected chi connectivity index (χ3v) is 6.20. The van der Waals surface area contributed by atoms with Crippen LogP contribution in [-0.2, 0) is 17.6 Å². The van der Waals surface area contributed by atoms with Crippen molar-refractivity contribution in [1.29, 1.82) is 0 Å². The molecule has 1 aliphatic rings. The second-order valence-corrected chi connectivity index (χ2v) is 7.94. The number of aromatic nitrogens is 1. The van der Waals surface area contributed by atoms with Crippen LogP contribution >= 0.6 is 11.3 Å². The molecule has 1 aromatic carbocycles. The summed E-state index contributed by atoms with van der Waals surface area (Å²) in [6.45, 7) is 4.73. The monoisotopic (exact) mass is 367 g/mol. The van der Waals surface area contributed by atoms with Gasteiger partial charge in [-0.1, -0.05) is 24.3 Å². The molecule has 0 atom stereocenters. The number of thiophene rings is 1. The van der Waals surface area contributed by atoms with Crippen LogP contribution in [-0.4, -0.2) is 53.4 Å². The van der Waals surface area contributed by atoms with Gasteiger partial charge in [-0.15, -0.1) is 11.3 Å². The number of carbonyl (C=O) groups excluding carboxylic acids is 1. The molecular formula is C21H25N3OS. The molecule has 0 aliphatic carbocycles. The van der Waals surface area contributed by atoms with E-state index >= 15 is 0 Å². The molecule has 1 aliphatic heterocycles. The SMILES string of the molecule is O=C(CCc1cccs1)N1CCN(CCc2c[nH]c3ccccc23)CC1. The maximum Gasteiger partial charge on any atom is 0.223 e. The smallest absolute Gasteiger partial charge is 0.223 e. The van der Waals surface area contributed by atoms with Crippen molar-refractivity contribution in [3.63, 3.8) is 0 Å². The quantitative estimate of drug-likeness (QED) is 0.724. The number of nitrogens with zero attached hydrogens (tertiary/aromatic N) is 2. The second-order valence-electron chi connectivity index (χ2n) is 6.91. The van der Waals surface area contributed by atoms with E-state index in [-0.39, 0.29) is 0 Å². The topological polar surface area (TPSA) is 39.3 Å². The van der Waals surface area contributed by atoms with Gasteiger partial charge in [-0.2, -0.15) is 0 Å². The van der Waals surface area contributed by atoms with Gasteiger partial charge in [0.15, 0.2) is 0 Å². The van der Waals surface area contributed by atoms with Crippen molar-refractivity contribution in [3.05, 3.63) is 58.4 Å². The maximum absolute atomic E-state index is 12.4. The minimum absolute atomic E-state index is 0.301. The lowest BCUT2D eigenvalue weighted by Gasteiger charge is -2.34. The number of fused-ring (bicyclic) bond motifs is 1. The highest BCUT2D eigenvalue weighted by Crippen LogP contribution is 2.19. The van der Waals surface area contributed by atoms with Crippen LogP contribution < -0.4 is 0 Å². The maximum atomic E-state index is 12.4. The van der Waals surface area contributed by atoms with Crippen molar-refractivity contribution in [3.8, 4) is 0 Å². The molecular weight excluding hydrogens is 342 g/mol. The molecule has 3 aromatic rings. The first-order valence-electron chi connectivity index (χ1n) is 9.37. The molecule has 4 rings (SSSR count). The summed E-state index contributed by atoms with van der Waals surface area (Å²) in [6, 6.07) is 12.6. The first-order valence-corrected chi connectivity index (χ1v) is 10.2. The fourth-order valence-corrected chi connectivity index (χ4v) is 4.39. The van der Waals surface area contributed by atoms with Gasteiger partial charge in [-0.05, 0) is 35.9 Å². The zero-order chi connectivity index (χ0) is 17.8. The van der Waals surface area contributed by atoms with Gasteiger partial charge in [0.2, 0.25) is 5.91 Å². The van der Waals surface area contributed by atoms with Crippen molar-refractivity contribution < 1.29 is 4.79 Å². The first kappa shape index (κ1) is 17.3. The van der Waals surface area contributed by atoms with Crippen LogP contribution in [0.15, 0.2) is 48.0 Å². The van der Waals surface area contributed by atoms with E-state index in [2.05, 4.69) is 57.9 Å². The van der Waals surface area contributed by atoms with E-state index in [4.69, 9.17) is 0 Å². The number of hydrogen-bond donors (Lipinski definition) is 1. The number of amides is 1. The minimum atomic E-state index is 0.301. The molecule has 4 nitrogen and oxygen atoms in total. The predicted molar refractivity (Wildman–Crippen MR) is 108 cm³/mol. The van der Waals surface area contributed by atoms with Crippen molar-refractivity contribution in [2.75, 3.05) is 32.7 Å². The number of hydrogen-bond acceptors (Lipinski definition) is 3. The summed E-state index contributed by atoms with van der Waals surface area (Å²) in [7, 11) is 0. The number of rotatable bonds is 6. The van der Waals surface area contributed by atoms with E-state index in [0.717, 1.165) is 45.6 Å². The van der Waals surface area contributed by atoms with Crippen molar-refractivity contribution in [2.45, 2.75) is 19.3 Å². The van der Waals surface area contributed by atoms with Gasteiger partial charge in [-0.3, -0.25) is 9.69 Å². The molecule has 136 valence electrons. The molecule has 5 heteroatoms. The number of aromatic amines is 1. The minimum Gasteiger partial charge on any atom is -0.361 e. The average Bonchev–Trinajstić information content (AvgIpc) is 3.35. The highest BCUT2D eigenvalue weighted by atomic mass is 32.1. The molecule has 0 spiro atoms. The number of benzene rings is 1. The van der Waals surface area contributed by atoms with Gasteiger partial charge in [0.25, 0.3) is 0 Å². The van der Waals surface area contributed by atoms with Crippen molar-refractivity contribution in [1.82, 2.24) is 14.8 Å². The molecule has 1 fully saturated rings. The van der Waals surface area contributed by atoms with Gasteiger partial charge in [0, 0.05) is 61.1 Å². The van der Waals surface area contributed by atoms with E-state index in [9.17, 15) is 4.79 Å². The summed E-state index contributed by atoms with van der Waals surface area (Å²) in [5.74, 6) is 0.301. The van der Waals surface area contributed by atoms with Gasteiger partial charge < -0.3 is 9.88 Å². The van der Waals surface area contributed by atoms with Gasteiger partial charge >= 0.3 is 0 Å². The number of para-hydroxylation sites is 1. The number of aryl methyl sites for hydroxylation is 1. The number of carbonyl (C=O) groups is 1. The molecule has 0 unspecified atom stereocenters. The molecule has 1 amide bonds. The fraction of sp³-hybridized carbons (Fsp3) is 0.381. The Morgan fingerprint density at radius 1 is 1.04 bits per heavy atom. The van der Waals surface area contributed by atoms with Gasteiger partial charge in [-0.25, -0.2) is 0 Å². The first-order chi connectivity index (χ1) is 12.8. The largest absolute Gasteiger partial charge is 0.361 e. The summed E-state index contributed by atoms with van der Waals surface area (Å²) in [5, 5.41) is 3.40. The Morgan fingerprint density at radius 2 is 1.88 bits per heavy atom. The molecule has 0 radical (unpaired) electrons. The van der Waals surface area contributed by atoms with Crippen LogP contribution in [0.25, 0.3) is 10.9 Å². The van der Waals surface area contributed by atoms with E-state index in [1.54, 1.807) is 11.3 Å². The van der Waals surface area contributed by atoms with Crippen LogP contribution in [0.4, 0.5) is 0 Å². The number of piperazine rings is 1. The Kier molecular flexibility index (Phi) is 5.37. The second kappa shape index (κ2) is 8.06. The summed E-state index contributed by atoms with van der Waals surface area (Å²) in [4.78, 5) is 21.6. The Hall–Kier alpha value is -2.11. The van der Waals surface area contributed by atoms with Gasteiger partial charge in [0.1, 0.15) is 0 Å². The number of H-pyrrole nitrogens is 1. The lowest BCUT2D eigenvalue weighted by Crippen LogP contribution is -2.49. The lowest BCUT2D eigenvalue weighted by atomic mass is 10.1. The molecule has 0 saturated carbocycles. The lowest BCUT2D eigenvalue weighted by molar-refractivity contribution is -0.132. The van der Waals surface area contributed by atoms with Crippen LogP contribution in [0.5, 0.6) is 0 Å². The highest BCUT2D eigenvalue weighted by molar-refractivity contribution is 7.09. The zero-order valence-electron chi connectivity index (χ0n) is 15.0. The third kappa shape index (κ3) is 4.00. The normalized spacial score (nSPS) is 15.6. The van der Waals surface area contributed by atoms with E-state index in [1.165, 1.54) is 21.3 Å². The Balaban J connectivity index is 1.23. The van der Waals surface area contributed by atoms with Crippen LogP contribution in [0.1, 0.15) is 16.9 Å². The van der Waals surface area contributed by atoms with E-state index < -0.39 is 0 Å². The van der Waals surface area contributed by atoms with E-state index in [1.807, 2.05) is 4.90 Å². The molecule has 0 bridgehead atoms. The molecule has 2 aromatic heterocycles. The zero-order valence-corrected chi connectivity index (χ0v) is 15.8. The summed E-state index contributed by atoms with van der Waals surface area (Å²) < 4.78 is 0. The van der Waals surface area contributed by atoms with Crippen molar-refractivity contribution in [2.24, 2.45) is 0 Å². The van der Waals surface area contributed by atoms with Gasteiger partial charge in [0.05, 0.1) is 0 Å². The Bertz CT molecular complexity index is 847. The average molecular weight is 368 g/mol.